The summed E-state index contributed by atoms with van der Waals surface area (Å²) in [5, 5.41) is 14.1. The maximum absolute atomic E-state index is 9.51. The predicted octanol–water partition coefficient (Wildman–Crippen LogP) is 2.35. The highest BCUT2D eigenvalue weighted by atomic mass is 16.3. The van der Waals surface area contributed by atoms with Crippen LogP contribution in [0.4, 0.5) is 5.82 Å². The average Bonchev–Trinajstić information content (AvgIpc) is 2.42. The van der Waals surface area contributed by atoms with Gasteiger partial charge in [0, 0.05) is 11.4 Å². The molecule has 2 aromatic rings. The minimum Gasteiger partial charge on any atom is -0.393 e. The first kappa shape index (κ1) is 11.4. The van der Waals surface area contributed by atoms with E-state index in [1.165, 1.54) is 0 Å². The van der Waals surface area contributed by atoms with Crippen molar-refractivity contribution in [3.8, 4) is 0 Å². The molecule has 1 fully saturated rings. The van der Waals surface area contributed by atoms with E-state index in [2.05, 4.69) is 15.3 Å². The van der Waals surface area contributed by atoms with Crippen LogP contribution in [-0.4, -0.2) is 27.2 Å². The van der Waals surface area contributed by atoms with E-state index in [9.17, 15) is 5.11 Å². The van der Waals surface area contributed by atoms with Crippen molar-refractivity contribution >= 4 is 16.7 Å². The van der Waals surface area contributed by atoms with E-state index in [1.54, 1.807) is 6.33 Å². The fourth-order valence-electron chi connectivity index (χ4n) is 2.53. The van der Waals surface area contributed by atoms with Crippen molar-refractivity contribution in [1.29, 1.82) is 0 Å². The Morgan fingerprint density at radius 3 is 2.67 bits per heavy atom. The lowest BCUT2D eigenvalue weighted by molar-refractivity contribution is 0.126. The molecule has 0 radical (unpaired) electrons. The Labute approximate surface area is 106 Å². The number of benzene rings is 1. The molecule has 1 aromatic heterocycles. The van der Waals surface area contributed by atoms with Gasteiger partial charge < -0.3 is 10.4 Å². The van der Waals surface area contributed by atoms with Crippen molar-refractivity contribution in [1.82, 2.24) is 9.97 Å². The second-order valence-electron chi connectivity index (χ2n) is 4.89. The Morgan fingerprint density at radius 2 is 1.83 bits per heavy atom. The molecular formula is C14H17N3O. The van der Waals surface area contributed by atoms with Crippen LogP contribution >= 0.6 is 0 Å². The molecule has 1 aromatic carbocycles. The van der Waals surface area contributed by atoms with Gasteiger partial charge in [-0.25, -0.2) is 9.97 Å². The molecule has 1 aliphatic carbocycles. The lowest BCUT2D eigenvalue weighted by Gasteiger charge is -2.26. The first-order chi connectivity index (χ1) is 8.83. The first-order valence-electron chi connectivity index (χ1n) is 6.47. The number of rotatable bonds is 2. The van der Waals surface area contributed by atoms with Gasteiger partial charge in [-0.15, -0.1) is 0 Å². The summed E-state index contributed by atoms with van der Waals surface area (Å²) in [4.78, 5) is 8.59. The maximum Gasteiger partial charge on any atom is 0.137 e. The van der Waals surface area contributed by atoms with E-state index in [0.29, 0.717) is 6.04 Å². The molecule has 94 valence electrons. The number of nitrogens with zero attached hydrogens (tertiary/aromatic N) is 2. The second-order valence-corrected chi connectivity index (χ2v) is 4.89. The summed E-state index contributed by atoms with van der Waals surface area (Å²) < 4.78 is 0. The predicted molar refractivity (Wildman–Crippen MR) is 71.4 cm³/mol. The Hall–Kier alpha value is -1.68. The van der Waals surface area contributed by atoms with E-state index in [0.717, 1.165) is 42.4 Å². The molecule has 1 aliphatic rings. The molecule has 18 heavy (non-hydrogen) atoms. The minimum atomic E-state index is -0.120. The third-order valence-corrected chi connectivity index (χ3v) is 3.58. The summed E-state index contributed by atoms with van der Waals surface area (Å²) in [6, 6.07) is 8.42. The van der Waals surface area contributed by atoms with Crippen LogP contribution in [0.5, 0.6) is 0 Å². The molecule has 1 heterocycles. The average molecular weight is 243 g/mol. The smallest absolute Gasteiger partial charge is 0.137 e. The molecule has 1 saturated carbocycles. The van der Waals surface area contributed by atoms with E-state index < -0.39 is 0 Å². The molecule has 0 bridgehead atoms. The van der Waals surface area contributed by atoms with Gasteiger partial charge in [0.05, 0.1) is 11.6 Å². The van der Waals surface area contributed by atoms with Crippen molar-refractivity contribution in [2.75, 3.05) is 5.32 Å². The summed E-state index contributed by atoms with van der Waals surface area (Å²) in [6.45, 7) is 0. The van der Waals surface area contributed by atoms with Crippen LogP contribution in [0.1, 0.15) is 25.7 Å². The quantitative estimate of drug-likeness (QED) is 0.850. The molecule has 0 aliphatic heterocycles. The van der Waals surface area contributed by atoms with Gasteiger partial charge in [-0.05, 0) is 37.8 Å². The van der Waals surface area contributed by atoms with Crippen LogP contribution in [0.2, 0.25) is 0 Å². The molecule has 0 unspecified atom stereocenters. The molecule has 4 heteroatoms. The van der Waals surface area contributed by atoms with E-state index in [4.69, 9.17) is 0 Å². The number of hydrogen-bond acceptors (Lipinski definition) is 4. The van der Waals surface area contributed by atoms with Crippen LogP contribution in [0, 0.1) is 0 Å². The Bertz CT molecular complexity index is 530. The van der Waals surface area contributed by atoms with E-state index in [1.807, 2.05) is 24.3 Å². The zero-order chi connectivity index (χ0) is 12.4. The highest BCUT2D eigenvalue weighted by molar-refractivity contribution is 5.88. The van der Waals surface area contributed by atoms with Crippen molar-refractivity contribution in [2.45, 2.75) is 37.8 Å². The number of aromatic nitrogens is 2. The number of anilines is 1. The van der Waals surface area contributed by atoms with Gasteiger partial charge >= 0.3 is 0 Å². The second kappa shape index (κ2) is 4.90. The van der Waals surface area contributed by atoms with Gasteiger partial charge in [-0.1, -0.05) is 12.1 Å². The van der Waals surface area contributed by atoms with Crippen LogP contribution < -0.4 is 5.32 Å². The van der Waals surface area contributed by atoms with E-state index >= 15 is 0 Å². The highest BCUT2D eigenvalue weighted by Gasteiger charge is 2.19. The fraction of sp³-hybridized carbons (Fsp3) is 0.429. The molecular weight excluding hydrogens is 226 g/mol. The normalized spacial score (nSPS) is 24.1. The minimum absolute atomic E-state index is 0.120. The number of aliphatic hydroxyl groups excluding tert-OH is 1. The van der Waals surface area contributed by atoms with Gasteiger partial charge in [0.25, 0.3) is 0 Å². The first-order valence-corrected chi connectivity index (χ1v) is 6.47. The Balaban J connectivity index is 1.82. The zero-order valence-corrected chi connectivity index (χ0v) is 10.2. The Kier molecular flexibility index (Phi) is 3.11. The van der Waals surface area contributed by atoms with Crippen LogP contribution in [0.15, 0.2) is 30.6 Å². The topological polar surface area (TPSA) is 58.0 Å². The summed E-state index contributed by atoms with van der Waals surface area (Å²) in [6.07, 6.45) is 5.23. The number of hydrogen-bond donors (Lipinski definition) is 2. The zero-order valence-electron chi connectivity index (χ0n) is 10.2. The van der Waals surface area contributed by atoms with Gasteiger partial charge in [-0.3, -0.25) is 0 Å². The Morgan fingerprint density at radius 1 is 1.06 bits per heavy atom. The van der Waals surface area contributed by atoms with E-state index in [-0.39, 0.29) is 6.10 Å². The number of para-hydroxylation sites is 1. The standard InChI is InChI=1S/C14H17N3O/c18-11-7-5-10(6-8-11)17-14-12-3-1-2-4-13(12)15-9-16-14/h1-4,9-11,18H,5-8H2,(H,15,16,17). The number of aliphatic hydroxyl groups is 1. The highest BCUT2D eigenvalue weighted by Crippen LogP contribution is 2.24. The van der Waals surface area contributed by atoms with Gasteiger partial charge in [0.1, 0.15) is 12.1 Å². The lowest BCUT2D eigenvalue weighted by atomic mass is 9.93. The van der Waals surface area contributed by atoms with Crippen LogP contribution in [0.25, 0.3) is 10.9 Å². The SMILES string of the molecule is OC1CCC(Nc2ncnc3ccccc23)CC1. The van der Waals surface area contributed by atoms with Crippen LogP contribution in [0.3, 0.4) is 0 Å². The lowest BCUT2D eigenvalue weighted by Crippen LogP contribution is -2.28. The maximum atomic E-state index is 9.51. The molecule has 0 amide bonds. The largest absolute Gasteiger partial charge is 0.393 e. The molecule has 3 rings (SSSR count). The third-order valence-electron chi connectivity index (χ3n) is 3.58. The number of nitrogens with one attached hydrogen (secondary N) is 1. The van der Waals surface area contributed by atoms with Crippen molar-refractivity contribution in [3.63, 3.8) is 0 Å². The van der Waals surface area contributed by atoms with Crippen molar-refractivity contribution < 1.29 is 5.11 Å². The third kappa shape index (κ3) is 2.29. The van der Waals surface area contributed by atoms with Crippen molar-refractivity contribution in [3.05, 3.63) is 30.6 Å². The monoisotopic (exact) mass is 243 g/mol. The van der Waals surface area contributed by atoms with Gasteiger partial charge in [0.15, 0.2) is 0 Å². The summed E-state index contributed by atoms with van der Waals surface area (Å²) >= 11 is 0. The van der Waals surface area contributed by atoms with Crippen molar-refractivity contribution in [2.24, 2.45) is 0 Å². The number of fused-ring (bicyclic) bond motifs is 1. The van der Waals surface area contributed by atoms with Gasteiger partial charge in [0.2, 0.25) is 0 Å². The fourth-order valence-corrected chi connectivity index (χ4v) is 2.53. The molecule has 2 N–H and O–H groups in total. The van der Waals surface area contributed by atoms with Gasteiger partial charge in [-0.2, -0.15) is 0 Å². The van der Waals surface area contributed by atoms with Crippen LogP contribution in [-0.2, 0) is 0 Å². The summed E-state index contributed by atoms with van der Waals surface area (Å²) in [7, 11) is 0. The summed E-state index contributed by atoms with van der Waals surface area (Å²) in [5.74, 6) is 0.905. The molecule has 4 nitrogen and oxygen atoms in total. The molecule has 0 saturated heterocycles. The summed E-state index contributed by atoms with van der Waals surface area (Å²) in [5.41, 5.74) is 0.964. The molecule has 0 atom stereocenters. The molecule has 0 spiro atoms.